The number of amides is 1. The van der Waals surface area contributed by atoms with Gasteiger partial charge in [0.25, 0.3) is 11.5 Å². The molecule has 0 aliphatic rings. The van der Waals surface area contributed by atoms with Crippen molar-refractivity contribution in [2.75, 3.05) is 6.61 Å². The summed E-state index contributed by atoms with van der Waals surface area (Å²) in [5.74, 6) is -1.18. The van der Waals surface area contributed by atoms with Crippen molar-refractivity contribution in [1.82, 2.24) is 14.9 Å². The maximum absolute atomic E-state index is 11.5. The fourth-order valence-corrected chi connectivity index (χ4v) is 2.19. The van der Waals surface area contributed by atoms with E-state index in [0.29, 0.717) is 6.54 Å². The van der Waals surface area contributed by atoms with Crippen LogP contribution in [0.15, 0.2) is 39.4 Å². The molecule has 0 fully saturated rings. The van der Waals surface area contributed by atoms with Crippen LogP contribution in [0.25, 0.3) is 0 Å². The molecule has 2 aromatic rings. The van der Waals surface area contributed by atoms with E-state index in [4.69, 9.17) is 4.74 Å². The summed E-state index contributed by atoms with van der Waals surface area (Å²) in [5.41, 5.74) is -1.27. The van der Waals surface area contributed by atoms with Gasteiger partial charge in [0.2, 0.25) is 0 Å². The third-order valence-corrected chi connectivity index (χ3v) is 3.48. The second kappa shape index (κ2) is 7.36. The number of rotatable bonds is 6. The Morgan fingerprint density at radius 2 is 2.14 bits per heavy atom. The molecule has 0 aromatic carbocycles. The number of carbonyl (C=O) groups is 2. The molecule has 9 heteroatoms. The van der Waals surface area contributed by atoms with Gasteiger partial charge in [0.05, 0.1) is 6.54 Å². The van der Waals surface area contributed by atoms with Crippen molar-refractivity contribution in [2.45, 2.75) is 13.1 Å². The predicted molar refractivity (Wildman–Crippen MR) is 78.4 cm³/mol. The normalized spacial score (nSPS) is 10.2. The van der Waals surface area contributed by atoms with Crippen LogP contribution < -0.4 is 16.6 Å². The number of hydrogen-bond donors (Lipinski definition) is 2. The van der Waals surface area contributed by atoms with Crippen molar-refractivity contribution >= 4 is 23.2 Å². The number of hydrogen-bond acceptors (Lipinski definition) is 6. The van der Waals surface area contributed by atoms with Gasteiger partial charge in [-0.1, -0.05) is 6.07 Å². The molecule has 0 unspecified atom stereocenters. The van der Waals surface area contributed by atoms with Crippen LogP contribution in [0.2, 0.25) is 0 Å². The molecule has 2 heterocycles. The van der Waals surface area contributed by atoms with Gasteiger partial charge in [0.1, 0.15) is 6.54 Å². The van der Waals surface area contributed by atoms with Crippen LogP contribution in [0.1, 0.15) is 4.88 Å². The Kier molecular flexibility index (Phi) is 5.26. The molecule has 116 valence electrons. The SMILES string of the molecule is O=C(COC(=O)Cn1ccc(=O)[nH]c1=O)NCc1cccs1. The standard InChI is InChI=1S/C13H13N3O5S/c17-10-3-4-16(13(20)15-10)7-12(19)21-8-11(18)14-6-9-2-1-5-22-9/h1-5H,6-8H2,(H,14,18)(H,15,17,20). The number of aromatic nitrogens is 2. The zero-order chi connectivity index (χ0) is 15.9. The minimum absolute atomic E-state index is 0.368. The van der Waals surface area contributed by atoms with E-state index in [-0.39, 0.29) is 6.54 Å². The van der Waals surface area contributed by atoms with Crippen molar-refractivity contribution in [3.8, 4) is 0 Å². The number of aromatic amines is 1. The smallest absolute Gasteiger partial charge is 0.328 e. The molecule has 1 amide bonds. The average Bonchev–Trinajstić information content (AvgIpc) is 2.99. The molecule has 8 nitrogen and oxygen atoms in total. The molecular weight excluding hydrogens is 310 g/mol. The van der Waals surface area contributed by atoms with Crippen molar-refractivity contribution in [3.05, 3.63) is 55.5 Å². The number of carbonyl (C=O) groups excluding carboxylic acids is 2. The highest BCUT2D eigenvalue weighted by atomic mass is 32.1. The van der Waals surface area contributed by atoms with Crippen LogP contribution in [-0.2, 0) is 27.4 Å². The van der Waals surface area contributed by atoms with E-state index in [1.807, 2.05) is 22.5 Å². The van der Waals surface area contributed by atoms with Crippen LogP contribution in [-0.4, -0.2) is 28.0 Å². The average molecular weight is 323 g/mol. The summed E-state index contributed by atoms with van der Waals surface area (Å²) in [6.07, 6.45) is 1.18. The van der Waals surface area contributed by atoms with Gasteiger partial charge in [-0.25, -0.2) is 4.79 Å². The number of esters is 1. The van der Waals surface area contributed by atoms with Gasteiger partial charge in [-0.05, 0) is 11.4 Å². The van der Waals surface area contributed by atoms with Gasteiger partial charge < -0.3 is 10.1 Å². The Labute approximate surface area is 128 Å². The highest BCUT2D eigenvalue weighted by molar-refractivity contribution is 7.09. The zero-order valence-electron chi connectivity index (χ0n) is 11.4. The molecule has 0 aliphatic carbocycles. The number of thiophene rings is 1. The fourth-order valence-electron chi connectivity index (χ4n) is 1.55. The molecule has 2 rings (SSSR count). The quantitative estimate of drug-likeness (QED) is 0.694. The molecule has 22 heavy (non-hydrogen) atoms. The number of H-pyrrole nitrogens is 1. The Balaban J connectivity index is 1.76. The van der Waals surface area contributed by atoms with E-state index in [9.17, 15) is 19.2 Å². The lowest BCUT2D eigenvalue weighted by molar-refractivity contribution is -0.149. The highest BCUT2D eigenvalue weighted by Crippen LogP contribution is 2.07. The third kappa shape index (κ3) is 4.70. The lowest BCUT2D eigenvalue weighted by Crippen LogP contribution is -2.33. The maximum Gasteiger partial charge on any atom is 0.328 e. The Morgan fingerprint density at radius 3 is 2.82 bits per heavy atom. The lowest BCUT2D eigenvalue weighted by atomic mass is 10.4. The topological polar surface area (TPSA) is 110 Å². The number of nitrogens with one attached hydrogen (secondary N) is 2. The zero-order valence-corrected chi connectivity index (χ0v) is 12.2. The maximum atomic E-state index is 11.5. The summed E-state index contributed by atoms with van der Waals surface area (Å²) < 4.78 is 5.74. The molecule has 0 saturated heterocycles. The Morgan fingerprint density at radius 1 is 1.32 bits per heavy atom. The van der Waals surface area contributed by atoms with Gasteiger partial charge in [0, 0.05) is 17.1 Å². The van der Waals surface area contributed by atoms with Gasteiger partial charge in [-0.15, -0.1) is 11.3 Å². The first-order valence-corrected chi connectivity index (χ1v) is 7.17. The lowest BCUT2D eigenvalue weighted by Gasteiger charge is -2.06. The van der Waals surface area contributed by atoms with Gasteiger partial charge in [-0.3, -0.25) is 23.9 Å². The summed E-state index contributed by atoms with van der Waals surface area (Å²) in [6, 6.07) is 4.86. The summed E-state index contributed by atoms with van der Waals surface area (Å²) in [5, 5.41) is 4.49. The molecule has 0 bridgehead atoms. The first-order chi connectivity index (χ1) is 10.5. The molecule has 2 N–H and O–H groups in total. The number of nitrogens with zero attached hydrogens (tertiary/aromatic N) is 1. The molecular formula is C13H13N3O5S. The van der Waals surface area contributed by atoms with E-state index in [0.717, 1.165) is 15.5 Å². The van der Waals surface area contributed by atoms with Crippen LogP contribution in [0.4, 0.5) is 0 Å². The summed E-state index contributed by atoms with van der Waals surface area (Å²) >= 11 is 1.50. The van der Waals surface area contributed by atoms with E-state index in [2.05, 4.69) is 5.32 Å². The first-order valence-electron chi connectivity index (χ1n) is 6.29. The second-order valence-corrected chi connectivity index (χ2v) is 5.29. The van der Waals surface area contributed by atoms with Gasteiger partial charge >= 0.3 is 11.7 Å². The molecule has 0 aliphatic heterocycles. The van der Waals surface area contributed by atoms with Crippen LogP contribution in [0.3, 0.4) is 0 Å². The molecule has 0 spiro atoms. The minimum Gasteiger partial charge on any atom is -0.454 e. The third-order valence-electron chi connectivity index (χ3n) is 2.60. The summed E-state index contributed by atoms with van der Waals surface area (Å²) in [4.78, 5) is 48.3. The Hall–Kier alpha value is -2.68. The monoisotopic (exact) mass is 323 g/mol. The van der Waals surface area contributed by atoms with E-state index in [1.54, 1.807) is 0 Å². The molecule has 0 saturated carbocycles. The van der Waals surface area contributed by atoms with Crippen LogP contribution in [0, 0.1) is 0 Å². The van der Waals surface area contributed by atoms with E-state index >= 15 is 0 Å². The second-order valence-electron chi connectivity index (χ2n) is 4.25. The fraction of sp³-hybridized carbons (Fsp3) is 0.231. The van der Waals surface area contributed by atoms with Crippen LogP contribution in [0.5, 0.6) is 0 Å². The van der Waals surface area contributed by atoms with Crippen molar-refractivity contribution in [1.29, 1.82) is 0 Å². The summed E-state index contributed by atoms with van der Waals surface area (Å²) in [6.45, 7) is -0.441. The van der Waals surface area contributed by atoms with Crippen molar-refractivity contribution < 1.29 is 14.3 Å². The van der Waals surface area contributed by atoms with Crippen molar-refractivity contribution in [2.24, 2.45) is 0 Å². The number of ether oxygens (including phenoxy) is 1. The van der Waals surface area contributed by atoms with Crippen LogP contribution >= 0.6 is 11.3 Å². The van der Waals surface area contributed by atoms with E-state index < -0.39 is 29.7 Å². The highest BCUT2D eigenvalue weighted by Gasteiger charge is 2.09. The largest absolute Gasteiger partial charge is 0.454 e. The first kappa shape index (κ1) is 15.7. The molecule has 0 radical (unpaired) electrons. The summed E-state index contributed by atoms with van der Waals surface area (Å²) in [7, 11) is 0. The van der Waals surface area contributed by atoms with Crippen molar-refractivity contribution in [3.63, 3.8) is 0 Å². The van der Waals surface area contributed by atoms with Gasteiger partial charge in [0.15, 0.2) is 6.61 Å². The minimum atomic E-state index is -0.750. The predicted octanol–water partition coefficient (Wildman–Crippen LogP) is -0.542. The van der Waals surface area contributed by atoms with Gasteiger partial charge in [-0.2, -0.15) is 0 Å². The molecule has 2 aromatic heterocycles. The molecule has 0 atom stereocenters. The Bertz CT molecular complexity index is 762. The van der Waals surface area contributed by atoms with E-state index in [1.165, 1.54) is 17.5 Å².